The molecule has 0 saturated carbocycles. The highest BCUT2D eigenvalue weighted by molar-refractivity contribution is 6.05. The standard InChI is InChI=1S/C44H39N5O8/c1-26(2)57-42-33(13-16-35(41(42)54)38(51)21-28-17-19-47-20-18-28)23-37(50)30-7-3-27(4-8-30)22-39(52)36(24-40(46)53)49-44(56)32-11-14-34(15-12-32)48-43(55)31-9-5-29(25-45)6-10-31/h3-20,26,36,54H,21-24H2,1-2H3,(H2,46,53)(H,48,55)(H,49,56)/t36-/m0/s1. The van der Waals surface area contributed by atoms with Crippen LogP contribution in [0.15, 0.2) is 109 Å². The largest absolute Gasteiger partial charge is 0.504 e. The Morgan fingerprint density at radius 3 is 1.95 bits per heavy atom. The summed E-state index contributed by atoms with van der Waals surface area (Å²) >= 11 is 0. The third-order valence-corrected chi connectivity index (χ3v) is 8.77. The van der Waals surface area contributed by atoms with E-state index in [0.717, 1.165) is 5.56 Å². The molecular formula is C44H39N5O8. The van der Waals surface area contributed by atoms with Crippen molar-refractivity contribution in [1.29, 1.82) is 5.26 Å². The number of anilines is 1. The lowest BCUT2D eigenvalue weighted by Gasteiger charge is -2.18. The van der Waals surface area contributed by atoms with Gasteiger partial charge in [-0.3, -0.25) is 33.8 Å². The number of carbonyl (C=O) groups is 6. The van der Waals surface area contributed by atoms with Gasteiger partial charge in [-0.15, -0.1) is 0 Å². The number of amides is 3. The van der Waals surface area contributed by atoms with Crippen LogP contribution in [0.4, 0.5) is 5.69 Å². The number of pyridine rings is 1. The maximum atomic E-state index is 13.4. The topological polar surface area (TPSA) is 219 Å². The van der Waals surface area contributed by atoms with Gasteiger partial charge in [-0.25, -0.2) is 0 Å². The Morgan fingerprint density at radius 2 is 1.33 bits per heavy atom. The van der Waals surface area contributed by atoms with Gasteiger partial charge in [0.1, 0.15) is 0 Å². The first kappa shape index (κ1) is 40.7. The molecule has 4 aromatic carbocycles. The Morgan fingerprint density at radius 1 is 0.737 bits per heavy atom. The number of ketones is 3. The van der Waals surface area contributed by atoms with Crippen molar-refractivity contribution in [2.24, 2.45) is 5.73 Å². The summed E-state index contributed by atoms with van der Waals surface area (Å²) in [4.78, 5) is 81.3. The van der Waals surface area contributed by atoms with E-state index in [0.29, 0.717) is 33.5 Å². The van der Waals surface area contributed by atoms with Crippen molar-refractivity contribution in [1.82, 2.24) is 10.3 Å². The molecule has 0 fully saturated rings. The molecule has 0 spiro atoms. The van der Waals surface area contributed by atoms with Crippen molar-refractivity contribution < 1.29 is 38.6 Å². The number of carbonyl (C=O) groups excluding carboxylic acids is 6. The number of phenolic OH excluding ortho intramolecular Hbond substituents is 1. The highest BCUT2D eigenvalue weighted by Crippen LogP contribution is 2.36. The van der Waals surface area contributed by atoms with Crippen LogP contribution >= 0.6 is 0 Å². The Kier molecular flexibility index (Phi) is 13.4. The second-order valence-electron chi connectivity index (χ2n) is 13.4. The van der Waals surface area contributed by atoms with Crippen LogP contribution in [0.3, 0.4) is 0 Å². The van der Waals surface area contributed by atoms with Crippen LogP contribution in [0.25, 0.3) is 0 Å². The minimum absolute atomic E-state index is 0.0411. The lowest BCUT2D eigenvalue weighted by Crippen LogP contribution is -2.44. The Hall–Kier alpha value is -7.46. The van der Waals surface area contributed by atoms with E-state index in [4.69, 9.17) is 15.7 Å². The number of rotatable bonds is 17. The van der Waals surface area contributed by atoms with Crippen molar-refractivity contribution in [3.63, 3.8) is 0 Å². The van der Waals surface area contributed by atoms with Gasteiger partial charge in [0, 0.05) is 59.6 Å². The number of phenols is 1. The highest BCUT2D eigenvalue weighted by Gasteiger charge is 2.25. The molecule has 57 heavy (non-hydrogen) atoms. The van der Waals surface area contributed by atoms with Crippen molar-refractivity contribution >= 4 is 40.8 Å². The van der Waals surface area contributed by atoms with Crippen LogP contribution in [-0.4, -0.2) is 57.3 Å². The highest BCUT2D eigenvalue weighted by atomic mass is 16.5. The molecule has 13 heteroatoms. The summed E-state index contributed by atoms with van der Waals surface area (Å²) in [6.45, 7) is 3.52. The predicted octanol–water partition coefficient (Wildman–Crippen LogP) is 5.33. The molecule has 1 atom stereocenters. The summed E-state index contributed by atoms with van der Waals surface area (Å²) in [5.74, 6) is -3.28. The zero-order chi connectivity index (χ0) is 41.1. The number of nitrogens with zero attached hydrogens (tertiary/aromatic N) is 2. The molecule has 0 saturated heterocycles. The van der Waals surface area contributed by atoms with Gasteiger partial charge < -0.3 is 26.2 Å². The first-order valence-electron chi connectivity index (χ1n) is 17.9. The predicted molar refractivity (Wildman–Crippen MR) is 210 cm³/mol. The number of nitriles is 1. The quantitative estimate of drug-likeness (QED) is 0.0891. The maximum absolute atomic E-state index is 13.4. The Balaban J connectivity index is 1.21. The lowest BCUT2D eigenvalue weighted by molar-refractivity contribution is -0.125. The number of aromatic nitrogens is 1. The maximum Gasteiger partial charge on any atom is 0.255 e. The lowest BCUT2D eigenvalue weighted by atomic mass is 9.95. The monoisotopic (exact) mass is 765 g/mol. The van der Waals surface area contributed by atoms with Crippen LogP contribution in [0.2, 0.25) is 0 Å². The number of nitrogens with two attached hydrogens (primary N) is 1. The van der Waals surface area contributed by atoms with Gasteiger partial charge in [0.2, 0.25) is 5.91 Å². The fourth-order valence-electron chi connectivity index (χ4n) is 5.83. The van der Waals surface area contributed by atoms with Gasteiger partial charge in [0.25, 0.3) is 11.8 Å². The first-order chi connectivity index (χ1) is 27.3. The second-order valence-corrected chi connectivity index (χ2v) is 13.4. The average Bonchev–Trinajstić information content (AvgIpc) is 3.19. The summed E-state index contributed by atoms with van der Waals surface area (Å²) in [6.07, 6.45) is 2.06. The van der Waals surface area contributed by atoms with Crippen molar-refractivity contribution in [2.45, 2.75) is 51.7 Å². The number of hydrogen-bond acceptors (Lipinski definition) is 10. The minimum atomic E-state index is -1.24. The number of benzene rings is 4. The molecule has 0 bridgehead atoms. The number of nitrogens with one attached hydrogen (secondary N) is 2. The SMILES string of the molecule is CC(C)Oc1c(CC(=O)c2ccc(CC(=O)[C@H](CC(N)=O)NC(=O)c3ccc(NC(=O)c4ccc(C#N)cc4)cc3)cc2)ccc(C(=O)Cc2ccncc2)c1O. The van der Waals surface area contributed by atoms with Gasteiger partial charge in [-0.05, 0) is 91.7 Å². The van der Waals surface area contributed by atoms with Gasteiger partial charge >= 0.3 is 0 Å². The molecule has 5 N–H and O–H groups in total. The summed E-state index contributed by atoms with van der Waals surface area (Å²) < 4.78 is 5.88. The molecule has 288 valence electrons. The van der Waals surface area contributed by atoms with E-state index < -0.39 is 36.0 Å². The molecule has 0 aliphatic carbocycles. The number of Topliss-reactive ketones (excluding diaryl/α,β-unsaturated/α-hetero) is 3. The average molecular weight is 766 g/mol. The normalized spacial score (nSPS) is 11.2. The van der Waals surface area contributed by atoms with E-state index in [-0.39, 0.29) is 59.6 Å². The third-order valence-electron chi connectivity index (χ3n) is 8.77. The van der Waals surface area contributed by atoms with Crippen molar-refractivity contribution in [3.8, 4) is 17.6 Å². The third kappa shape index (κ3) is 11.1. The van der Waals surface area contributed by atoms with E-state index in [9.17, 15) is 33.9 Å². The molecule has 1 aromatic heterocycles. The fraction of sp³-hybridized carbons (Fsp3) is 0.182. The number of primary amides is 1. The molecule has 3 amide bonds. The molecule has 0 unspecified atom stereocenters. The van der Waals surface area contributed by atoms with E-state index in [1.807, 2.05) is 6.07 Å². The smallest absolute Gasteiger partial charge is 0.255 e. The zero-order valence-corrected chi connectivity index (χ0v) is 31.2. The molecule has 0 aliphatic heterocycles. The summed E-state index contributed by atoms with van der Waals surface area (Å²) in [5, 5.41) is 25.3. The van der Waals surface area contributed by atoms with Crippen LogP contribution in [0, 0.1) is 11.3 Å². The van der Waals surface area contributed by atoms with Gasteiger partial charge in [-0.2, -0.15) is 5.26 Å². The second kappa shape index (κ2) is 18.7. The molecular weight excluding hydrogens is 727 g/mol. The summed E-state index contributed by atoms with van der Waals surface area (Å²) in [6, 6.07) is 25.5. The zero-order valence-electron chi connectivity index (χ0n) is 31.2. The fourth-order valence-corrected chi connectivity index (χ4v) is 5.83. The van der Waals surface area contributed by atoms with Gasteiger partial charge in [0.15, 0.2) is 28.8 Å². The molecule has 0 aliphatic rings. The van der Waals surface area contributed by atoms with E-state index in [2.05, 4.69) is 15.6 Å². The number of aromatic hydroxyl groups is 1. The van der Waals surface area contributed by atoms with E-state index >= 15 is 0 Å². The van der Waals surface area contributed by atoms with Gasteiger partial charge in [0.05, 0.1) is 35.8 Å². The van der Waals surface area contributed by atoms with E-state index in [1.165, 1.54) is 54.6 Å². The first-order valence-corrected chi connectivity index (χ1v) is 17.9. The number of ether oxygens (including phenoxy) is 1. The van der Waals surface area contributed by atoms with E-state index in [1.54, 1.807) is 68.7 Å². The number of hydrogen-bond donors (Lipinski definition) is 4. The summed E-state index contributed by atoms with van der Waals surface area (Å²) in [5.41, 5.74) is 8.74. The molecule has 1 heterocycles. The molecule has 13 nitrogen and oxygen atoms in total. The molecule has 5 aromatic rings. The Bertz CT molecular complexity index is 2330. The van der Waals surface area contributed by atoms with Crippen molar-refractivity contribution in [2.75, 3.05) is 5.32 Å². The minimum Gasteiger partial charge on any atom is -0.504 e. The molecule has 0 radical (unpaired) electrons. The van der Waals surface area contributed by atoms with Gasteiger partial charge in [-0.1, -0.05) is 30.3 Å². The van der Waals surface area contributed by atoms with Crippen LogP contribution in [0.5, 0.6) is 11.5 Å². The van der Waals surface area contributed by atoms with Crippen molar-refractivity contribution in [3.05, 3.63) is 154 Å². The van der Waals surface area contributed by atoms with Crippen LogP contribution in [-0.2, 0) is 28.9 Å². The van der Waals surface area contributed by atoms with Crippen LogP contribution in [0.1, 0.15) is 84.0 Å². The Labute approximate surface area is 328 Å². The summed E-state index contributed by atoms with van der Waals surface area (Å²) in [7, 11) is 0. The molecule has 5 rings (SSSR count). The van der Waals surface area contributed by atoms with Crippen LogP contribution < -0.4 is 21.1 Å².